The van der Waals surface area contributed by atoms with Gasteiger partial charge in [-0.05, 0) is 24.6 Å². The van der Waals surface area contributed by atoms with Crippen LogP contribution in [-0.2, 0) is 14.8 Å². The molecule has 0 fully saturated rings. The second-order valence-corrected chi connectivity index (χ2v) is 6.03. The lowest BCUT2D eigenvalue weighted by Crippen LogP contribution is -2.21. The minimum atomic E-state index is -3.74. The Balaban J connectivity index is 2.22. The van der Waals surface area contributed by atoms with E-state index in [0.717, 1.165) is 0 Å². The summed E-state index contributed by atoms with van der Waals surface area (Å²) in [5.74, 6) is -0.696. The Hall–Kier alpha value is -1.60. The van der Waals surface area contributed by atoms with Crippen LogP contribution in [0.2, 0.25) is 5.02 Å². The van der Waals surface area contributed by atoms with Crippen molar-refractivity contribution in [3.63, 3.8) is 0 Å². The highest BCUT2D eigenvalue weighted by Gasteiger charge is 2.24. The second-order valence-electron chi connectivity index (χ2n) is 4.03. The maximum absolute atomic E-state index is 11.9. The van der Waals surface area contributed by atoms with Gasteiger partial charge in [-0.15, -0.1) is 4.40 Å². The molecule has 0 spiro atoms. The number of carboxylic acids is 1. The molecule has 102 valence electrons. The van der Waals surface area contributed by atoms with Crippen LogP contribution in [0.3, 0.4) is 0 Å². The normalized spacial score (nSPS) is 16.2. The van der Waals surface area contributed by atoms with E-state index >= 15 is 0 Å². The Kier molecular flexibility index (Phi) is 3.77. The Bertz CT molecular complexity index is 655. The Morgan fingerprint density at radius 2 is 2.16 bits per heavy atom. The van der Waals surface area contributed by atoms with E-state index in [4.69, 9.17) is 16.7 Å². The maximum Gasteiger partial charge on any atom is 0.303 e. The van der Waals surface area contributed by atoms with Crippen LogP contribution >= 0.6 is 11.6 Å². The molecule has 19 heavy (non-hydrogen) atoms. The van der Waals surface area contributed by atoms with E-state index in [2.05, 4.69) is 9.71 Å². The molecule has 2 N–H and O–H groups in total. The van der Waals surface area contributed by atoms with Gasteiger partial charge in [0.25, 0.3) is 10.0 Å². The predicted octanol–water partition coefficient (Wildman–Crippen LogP) is 2.11. The van der Waals surface area contributed by atoms with Crippen LogP contribution in [0.15, 0.2) is 27.5 Å². The molecule has 0 unspecified atom stereocenters. The molecule has 1 aliphatic rings. The number of nitrogens with one attached hydrogen (secondary N) is 1. The molecule has 8 heteroatoms. The molecule has 0 bridgehead atoms. The number of nitrogens with zero attached hydrogens (tertiary/aromatic N) is 1. The summed E-state index contributed by atoms with van der Waals surface area (Å²) in [6.07, 6.45) is 0.521. The lowest BCUT2D eigenvalue weighted by Gasteiger charge is -2.18. The molecular weight excluding hydrogens is 292 g/mol. The number of anilines is 1. The van der Waals surface area contributed by atoms with Crippen molar-refractivity contribution in [2.45, 2.75) is 24.2 Å². The molecule has 0 atom stereocenters. The lowest BCUT2D eigenvalue weighted by atomic mass is 10.2. The summed E-state index contributed by atoms with van der Waals surface area (Å²) in [4.78, 5) is 10.5. The summed E-state index contributed by atoms with van der Waals surface area (Å²) < 4.78 is 27.4. The van der Waals surface area contributed by atoms with Crippen molar-refractivity contribution in [2.24, 2.45) is 4.40 Å². The first kappa shape index (κ1) is 13.8. The van der Waals surface area contributed by atoms with Gasteiger partial charge < -0.3 is 10.4 Å². The van der Waals surface area contributed by atoms with Crippen molar-refractivity contribution in [3.05, 3.63) is 23.2 Å². The fourth-order valence-corrected chi connectivity index (χ4v) is 3.04. The Morgan fingerprint density at radius 1 is 1.42 bits per heavy atom. The number of carbonyl (C=O) groups is 1. The van der Waals surface area contributed by atoms with Crippen molar-refractivity contribution in [1.29, 1.82) is 0 Å². The van der Waals surface area contributed by atoms with Gasteiger partial charge in [-0.3, -0.25) is 4.79 Å². The highest BCUT2D eigenvalue weighted by atomic mass is 35.5. The number of amidine groups is 1. The van der Waals surface area contributed by atoms with Crippen molar-refractivity contribution in [2.75, 3.05) is 5.32 Å². The highest BCUT2D eigenvalue weighted by Crippen LogP contribution is 2.30. The first-order valence-electron chi connectivity index (χ1n) is 5.51. The molecule has 1 aliphatic heterocycles. The van der Waals surface area contributed by atoms with E-state index < -0.39 is 16.0 Å². The van der Waals surface area contributed by atoms with E-state index in [9.17, 15) is 13.2 Å². The van der Waals surface area contributed by atoms with Gasteiger partial charge in [0.15, 0.2) is 0 Å². The van der Waals surface area contributed by atoms with Crippen LogP contribution in [0.25, 0.3) is 0 Å². The van der Waals surface area contributed by atoms with E-state index in [0.29, 0.717) is 17.1 Å². The molecule has 6 nitrogen and oxygen atoms in total. The number of sulfonamides is 1. The number of benzene rings is 1. The van der Waals surface area contributed by atoms with Crippen molar-refractivity contribution < 1.29 is 18.3 Å². The minimum Gasteiger partial charge on any atom is -0.481 e. The topological polar surface area (TPSA) is 95.8 Å². The van der Waals surface area contributed by atoms with Crippen LogP contribution in [0, 0.1) is 0 Å². The molecule has 1 aromatic carbocycles. The van der Waals surface area contributed by atoms with Crippen LogP contribution in [-0.4, -0.2) is 25.3 Å². The first-order valence-corrected chi connectivity index (χ1v) is 7.32. The van der Waals surface area contributed by atoms with Gasteiger partial charge >= 0.3 is 5.97 Å². The zero-order chi connectivity index (χ0) is 14.0. The average molecular weight is 303 g/mol. The Morgan fingerprint density at radius 3 is 2.84 bits per heavy atom. The number of fused-ring (bicyclic) bond motifs is 1. The largest absolute Gasteiger partial charge is 0.481 e. The van der Waals surface area contributed by atoms with Gasteiger partial charge in [-0.1, -0.05) is 11.6 Å². The standard InChI is InChI=1S/C11H11ClN2O4S/c12-7-4-5-9-8(6-7)13-10(14-19(9,17)18)2-1-3-11(15)16/h4-6H,1-3H2,(H,13,14)(H,15,16). The summed E-state index contributed by atoms with van der Waals surface area (Å²) in [5, 5.41) is 11.8. The second kappa shape index (κ2) is 5.18. The molecular formula is C11H11ClN2O4S. The van der Waals surface area contributed by atoms with Gasteiger partial charge in [0, 0.05) is 17.9 Å². The third-order valence-electron chi connectivity index (χ3n) is 2.53. The third kappa shape index (κ3) is 3.24. The summed E-state index contributed by atoms with van der Waals surface area (Å²) in [6, 6.07) is 4.36. The minimum absolute atomic E-state index is 0.0385. The maximum atomic E-state index is 11.9. The average Bonchev–Trinajstić information content (AvgIpc) is 2.26. The number of hydrogen-bond acceptors (Lipinski definition) is 4. The molecule has 0 aliphatic carbocycles. The molecule has 0 saturated carbocycles. The summed E-state index contributed by atoms with van der Waals surface area (Å²) >= 11 is 5.81. The predicted molar refractivity (Wildman–Crippen MR) is 71.2 cm³/mol. The fraction of sp³-hybridized carbons (Fsp3) is 0.273. The van der Waals surface area contributed by atoms with Gasteiger partial charge in [-0.2, -0.15) is 8.42 Å². The number of hydrogen-bond donors (Lipinski definition) is 2. The van der Waals surface area contributed by atoms with Crippen molar-refractivity contribution in [3.8, 4) is 0 Å². The van der Waals surface area contributed by atoms with Gasteiger partial charge in [0.1, 0.15) is 10.7 Å². The fourth-order valence-electron chi connectivity index (χ4n) is 1.71. The molecule has 0 amide bonds. The van der Waals surface area contributed by atoms with Crippen molar-refractivity contribution in [1.82, 2.24) is 0 Å². The number of rotatable bonds is 4. The summed E-state index contributed by atoms with van der Waals surface area (Å²) in [5.41, 5.74) is 0.368. The van der Waals surface area contributed by atoms with E-state index in [1.54, 1.807) is 0 Å². The molecule has 0 aromatic heterocycles. The zero-order valence-corrected chi connectivity index (χ0v) is 11.3. The molecule has 0 radical (unpaired) electrons. The quantitative estimate of drug-likeness (QED) is 0.888. The Labute approximate surface area is 115 Å². The third-order valence-corrected chi connectivity index (χ3v) is 4.14. The SMILES string of the molecule is O=C(O)CCCC1=NS(=O)(=O)c2ccc(Cl)cc2N1. The van der Waals surface area contributed by atoms with Gasteiger partial charge in [0.05, 0.1) is 5.69 Å². The van der Waals surface area contributed by atoms with Crippen molar-refractivity contribution >= 4 is 39.1 Å². The summed E-state index contributed by atoms with van der Waals surface area (Å²) in [6.45, 7) is 0. The number of aliphatic carboxylic acids is 1. The van der Waals surface area contributed by atoms with Gasteiger partial charge in [0.2, 0.25) is 0 Å². The van der Waals surface area contributed by atoms with Crippen LogP contribution < -0.4 is 5.32 Å². The monoisotopic (exact) mass is 302 g/mol. The lowest BCUT2D eigenvalue weighted by molar-refractivity contribution is -0.137. The number of halogens is 1. The van der Waals surface area contributed by atoms with Gasteiger partial charge in [-0.25, -0.2) is 0 Å². The zero-order valence-electron chi connectivity index (χ0n) is 9.76. The molecule has 2 rings (SSSR count). The van der Waals surface area contributed by atoms with E-state index in [1.165, 1.54) is 18.2 Å². The number of carboxylic acid groups (broad SMARTS) is 1. The van der Waals surface area contributed by atoms with E-state index in [-0.39, 0.29) is 23.6 Å². The molecule has 0 saturated heterocycles. The molecule has 1 aromatic rings. The summed E-state index contributed by atoms with van der Waals surface area (Å²) in [7, 11) is -3.74. The molecule has 1 heterocycles. The first-order chi connectivity index (χ1) is 8.88. The van der Waals surface area contributed by atoms with E-state index in [1.807, 2.05) is 0 Å². The van der Waals surface area contributed by atoms with Crippen LogP contribution in [0.4, 0.5) is 5.69 Å². The smallest absolute Gasteiger partial charge is 0.303 e. The van der Waals surface area contributed by atoms with Crippen LogP contribution in [0.1, 0.15) is 19.3 Å². The highest BCUT2D eigenvalue weighted by molar-refractivity contribution is 7.90. The van der Waals surface area contributed by atoms with Crippen LogP contribution in [0.5, 0.6) is 0 Å².